The molecular weight excluding hydrogens is 458 g/mol. The van der Waals surface area contributed by atoms with Gasteiger partial charge < -0.3 is 16.0 Å². The highest BCUT2D eigenvalue weighted by atomic mass is 35.5. The van der Waals surface area contributed by atoms with Gasteiger partial charge in [0, 0.05) is 24.2 Å². The summed E-state index contributed by atoms with van der Waals surface area (Å²) >= 11 is 7.58. The smallest absolute Gasteiger partial charge is 0.315 e. The fraction of sp³-hybridized carbons (Fsp3) is 0.167. The van der Waals surface area contributed by atoms with Crippen molar-refractivity contribution in [1.82, 2.24) is 15.6 Å². The number of carbonyl (C=O) groups is 2. The second-order valence-corrected chi connectivity index (χ2v) is 9.15. The van der Waals surface area contributed by atoms with Crippen LogP contribution in [0.25, 0.3) is 17.0 Å². The molecular formula is C24H22ClN5O2S. The maximum atomic E-state index is 12.4. The molecule has 0 saturated carbocycles. The number of anilines is 1. The molecule has 0 radical (unpaired) electrons. The molecule has 7 nitrogen and oxygen atoms in total. The average Bonchev–Trinajstić information content (AvgIpc) is 3.12. The monoisotopic (exact) mass is 479 g/mol. The number of aliphatic imine (C=N–C) groups is 1. The molecule has 4 rings (SSSR count). The lowest BCUT2D eigenvalue weighted by molar-refractivity contribution is -0.113. The van der Waals surface area contributed by atoms with Gasteiger partial charge in [0.25, 0.3) is 5.91 Å². The molecule has 3 aromatic rings. The van der Waals surface area contributed by atoms with Crippen molar-refractivity contribution in [3.8, 4) is 0 Å². The van der Waals surface area contributed by atoms with Crippen LogP contribution in [-0.4, -0.2) is 28.1 Å². The summed E-state index contributed by atoms with van der Waals surface area (Å²) in [7, 11) is 0. The van der Waals surface area contributed by atoms with Crippen molar-refractivity contribution in [3.05, 3.63) is 75.8 Å². The first-order valence-corrected chi connectivity index (χ1v) is 11.5. The lowest BCUT2D eigenvalue weighted by Crippen LogP contribution is -2.39. The number of aromatic nitrogens is 1. The van der Waals surface area contributed by atoms with Gasteiger partial charge >= 0.3 is 6.03 Å². The Morgan fingerprint density at radius 2 is 2.03 bits per heavy atom. The van der Waals surface area contributed by atoms with E-state index < -0.39 is 0 Å². The van der Waals surface area contributed by atoms with Crippen LogP contribution in [-0.2, 0) is 11.3 Å². The molecule has 1 aromatic heterocycles. The Morgan fingerprint density at radius 3 is 2.85 bits per heavy atom. The molecule has 3 N–H and O–H groups in total. The molecule has 0 fully saturated rings. The Hall–Kier alpha value is -3.36. The van der Waals surface area contributed by atoms with Gasteiger partial charge in [0.2, 0.25) is 0 Å². The quantitative estimate of drug-likeness (QED) is 0.438. The fourth-order valence-corrected chi connectivity index (χ4v) is 4.18. The number of halogens is 1. The van der Waals surface area contributed by atoms with Crippen LogP contribution in [0.5, 0.6) is 0 Å². The Morgan fingerprint density at radius 1 is 1.18 bits per heavy atom. The molecule has 9 heteroatoms. The van der Waals surface area contributed by atoms with Gasteiger partial charge in [-0.1, -0.05) is 29.8 Å². The summed E-state index contributed by atoms with van der Waals surface area (Å²) in [5.74, 6) is -0.312. The number of carbonyl (C=O) groups excluding carboxylic acids is 2. The van der Waals surface area contributed by atoms with Crippen molar-refractivity contribution in [2.24, 2.45) is 4.99 Å². The van der Waals surface area contributed by atoms with Gasteiger partial charge in [-0.15, -0.1) is 0 Å². The lowest BCUT2D eigenvalue weighted by atomic mass is 10.1. The zero-order valence-electron chi connectivity index (χ0n) is 18.1. The van der Waals surface area contributed by atoms with Crippen LogP contribution in [0.15, 0.2) is 64.6 Å². The third-order valence-electron chi connectivity index (χ3n) is 4.69. The summed E-state index contributed by atoms with van der Waals surface area (Å²) in [5, 5.41) is 10.6. The summed E-state index contributed by atoms with van der Waals surface area (Å²) in [6.07, 6.45) is 3.56. The van der Waals surface area contributed by atoms with Crippen LogP contribution in [0.2, 0.25) is 5.02 Å². The van der Waals surface area contributed by atoms with Gasteiger partial charge in [0.15, 0.2) is 5.17 Å². The number of nitrogens with one attached hydrogen (secondary N) is 3. The van der Waals surface area contributed by atoms with E-state index in [1.54, 1.807) is 12.3 Å². The topological polar surface area (TPSA) is 95.5 Å². The van der Waals surface area contributed by atoms with Crippen LogP contribution < -0.4 is 16.0 Å². The van der Waals surface area contributed by atoms with Crippen molar-refractivity contribution in [2.75, 3.05) is 5.32 Å². The van der Waals surface area contributed by atoms with Crippen LogP contribution in [0.3, 0.4) is 0 Å². The number of urea groups is 1. The first kappa shape index (κ1) is 22.8. The minimum atomic E-state index is -0.312. The summed E-state index contributed by atoms with van der Waals surface area (Å²) in [4.78, 5) is 33.2. The Labute approximate surface area is 200 Å². The Kier molecular flexibility index (Phi) is 6.96. The predicted molar refractivity (Wildman–Crippen MR) is 135 cm³/mol. The minimum Gasteiger partial charge on any atom is -0.336 e. The van der Waals surface area contributed by atoms with E-state index in [0.717, 1.165) is 22.0 Å². The van der Waals surface area contributed by atoms with E-state index >= 15 is 0 Å². The zero-order valence-corrected chi connectivity index (χ0v) is 19.6. The highest BCUT2D eigenvalue weighted by Gasteiger charge is 2.22. The number of amides is 3. The summed E-state index contributed by atoms with van der Waals surface area (Å²) < 4.78 is 0. The highest BCUT2D eigenvalue weighted by Crippen LogP contribution is 2.32. The molecule has 0 atom stereocenters. The van der Waals surface area contributed by atoms with Crippen molar-refractivity contribution in [2.45, 2.75) is 26.4 Å². The second-order valence-electron chi connectivity index (χ2n) is 7.71. The van der Waals surface area contributed by atoms with Crippen LogP contribution >= 0.6 is 23.4 Å². The number of hydrogen-bond acceptors (Lipinski definition) is 5. The lowest BCUT2D eigenvalue weighted by Gasteiger charge is -2.12. The first-order chi connectivity index (χ1) is 15.9. The number of thioether (sulfide) groups is 1. The van der Waals surface area contributed by atoms with Crippen molar-refractivity contribution in [1.29, 1.82) is 0 Å². The number of fused-ring (bicyclic) bond motifs is 1. The van der Waals surface area contributed by atoms with Gasteiger partial charge in [-0.3, -0.25) is 9.78 Å². The van der Waals surface area contributed by atoms with Crippen molar-refractivity contribution >= 4 is 63.1 Å². The molecule has 0 aliphatic carbocycles. The van der Waals surface area contributed by atoms with Gasteiger partial charge in [0.05, 0.1) is 21.1 Å². The third-order valence-corrected chi connectivity index (χ3v) is 5.92. The molecule has 1 aliphatic rings. The summed E-state index contributed by atoms with van der Waals surface area (Å²) in [6.45, 7) is 4.13. The van der Waals surface area contributed by atoms with E-state index in [1.807, 2.05) is 62.4 Å². The summed E-state index contributed by atoms with van der Waals surface area (Å²) in [6, 6.07) is 14.9. The zero-order chi connectivity index (χ0) is 23.4. The van der Waals surface area contributed by atoms with E-state index in [4.69, 9.17) is 11.6 Å². The normalized spacial score (nSPS) is 14.6. The SMILES string of the molecule is CC(C)NC(=O)NCc1ccc(Cl)c(NC2=NC(=O)/C(=C/c3ccc4ncccc4c3)S2)c1. The molecule has 0 bridgehead atoms. The second kappa shape index (κ2) is 10.1. The molecule has 0 spiro atoms. The summed E-state index contributed by atoms with van der Waals surface area (Å²) in [5.41, 5.74) is 3.26. The molecule has 2 heterocycles. The van der Waals surface area contributed by atoms with E-state index in [-0.39, 0.29) is 18.0 Å². The third kappa shape index (κ3) is 5.91. The number of hydrogen-bond donors (Lipinski definition) is 3. The average molecular weight is 480 g/mol. The highest BCUT2D eigenvalue weighted by molar-refractivity contribution is 8.18. The maximum absolute atomic E-state index is 12.4. The Balaban J connectivity index is 1.44. The largest absolute Gasteiger partial charge is 0.336 e. The van der Waals surface area contributed by atoms with Crippen LogP contribution in [0.1, 0.15) is 25.0 Å². The number of benzene rings is 2. The molecule has 33 heavy (non-hydrogen) atoms. The number of pyridine rings is 1. The first-order valence-electron chi connectivity index (χ1n) is 10.3. The number of nitrogens with zero attached hydrogens (tertiary/aromatic N) is 2. The molecule has 168 valence electrons. The predicted octanol–water partition coefficient (Wildman–Crippen LogP) is 5.18. The van der Waals surface area contributed by atoms with E-state index in [1.165, 1.54) is 11.8 Å². The number of rotatable bonds is 5. The van der Waals surface area contributed by atoms with Crippen molar-refractivity contribution in [3.63, 3.8) is 0 Å². The molecule has 1 aliphatic heterocycles. The fourth-order valence-electron chi connectivity index (χ4n) is 3.19. The Bertz CT molecular complexity index is 1290. The number of amidine groups is 1. The standard InChI is InChI=1S/C24H22ClN5O2S/c1-14(2)28-23(32)27-13-16-5-7-18(25)20(11-16)29-24-30-22(31)21(33-24)12-15-6-8-19-17(10-15)4-3-9-26-19/h3-12,14H,13H2,1-2H3,(H2,27,28,32)(H,29,30,31)/b21-12-. The molecule has 2 aromatic carbocycles. The molecule has 3 amide bonds. The van der Waals surface area contributed by atoms with Crippen molar-refractivity contribution < 1.29 is 9.59 Å². The van der Waals surface area contributed by atoms with Gasteiger partial charge in [-0.25, -0.2) is 4.79 Å². The van der Waals surface area contributed by atoms with E-state index in [9.17, 15) is 9.59 Å². The van der Waals surface area contributed by atoms with E-state index in [0.29, 0.717) is 27.3 Å². The minimum absolute atomic E-state index is 0.0518. The van der Waals surface area contributed by atoms with Crippen LogP contribution in [0, 0.1) is 0 Å². The maximum Gasteiger partial charge on any atom is 0.315 e. The van der Waals surface area contributed by atoms with Gasteiger partial charge in [0.1, 0.15) is 0 Å². The van der Waals surface area contributed by atoms with Crippen LogP contribution in [0.4, 0.5) is 10.5 Å². The van der Waals surface area contributed by atoms with Gasteiger partial charge in [-0.05, 0) is 73.1 Å². The molecule has 0 unspecified atom stereocenters. The van der Waals surface area contributed by atoms with Gasteiger partial charge in [-0.2, -0.15) is 4.99 Å². The van der Waals surface area contributed by atoms with E-state index in [2.05, 4.69) is 25.9 Å². The molecule has 0 saturated heterocycles.